The number of nitrogens with zero attached hydrogens (tertiary/aromatic N) is 1. The Labute approximate surface area is 121 Å². The van der Waals surface area contributed by atoms with Crippen molar-refractivity contribution < 1.29 is 9.84 Å². The highest BCUT2D eigenvalue weighted by Gasteiger charge is 2.23. The minimum absolute atomic E-state index is 0.162. The highest BCUT2D eigenvalue weighted by Crippen LogP contribution is 2.30. The number of ether oxygens (including phenoxy) is 1. The lowest BCUT2D eigenvalue weighted by molar-refractivity contribution is 0.194. The van der Waals surface area contributed by atoms with Crippen molar-refractivity contribution in [1.29, 1.82) is 0 Å². The summed E-state index contributed by atoms with van der Waals surface area (Å²) < 4.78 is 5.52. The first-order chi connectivity index (χ1) is 9.69. The van der Waals surface area contributed by atoms with Crippen molar-refractivity contribution in [2.75, 3.05) is 26.8 Å². The number of benzene rings is 1. The van der Waals surface area contributed by atoms with E-state index in [1.807, 2.05) is 0 Å². The summed E-state index contributed by atoms with van der Waals surface area (Å²) in [5.74, 6) is 0.944. The maximum absolute atomic E-state index is 8.85. The lowest BCUT2D eigenvalue weighted by atomic mass is 9.92. The van der Waals surface area contributed by atoms with E-state index in [0.717, 1.165) is 31.8 Å². The van der Waals surface area contributed by atoms with Gasteiger partial charge in [0.15, 0.2) is 0 Å². The highest BCUT2D eigenvalue weighted by atomic mass is 16.5. The van der Waals surface area contributed by atoms with Crippen LogP contribution in [0.4, 0.5) is 0 Å². The standard InChI is InChI=1S/C16H26N2O2/c1-4-18-11-15-9-16(20-3)14(10-17-5-6-19)8-13(15)7-12(18)2/h8-9,12,17,19H,4-7,10-11H2,1-3H3. The molecule has 0 bridgehead atoms. The summed E-state index contributed by atoms with van der Waals surface area (Å²) in [5.41, 5.74) is 3.99. The molecule has 0 aromatic heterocycles. The van der Waals surface area contributed by atoms with Gasteiger partial charge in [-0.2, -0.15) is 0 Å². The van der Waals surface area contributed by atoms with E-state index in [0.29, 0.717) is 12.6 Å². The lowest BCUT2D eigenvalue weighted by Crippen LogP contribution is -2.38. The van der Waals surface area contributed by atoms with Crippen LogP contribution < -0.4 is 10.1 Å². The molecule has 1 aromatic rings. The molecule has 0 fully saturated rings. The Morgan fingerprint density at radius 3 is 2.85 bits per heavy atom. The van der Waals surface area contributed by atoms with Gasteiger partial charge in [-0.05, 0) is 37.1 Å². The van der Waals surface area contributed by atoms with Gasteiger partial charge in [0.05, 0.1) is 13.7 Å². The molecule has 1 aromatic carbocycles. The summed E-state index contributed by atoms with van der Waals surface area (Å²) in [5, 5.41) is 12.1. The maximum atomic E-state index is 8.85. The molecule has 1 heterocycles. The van der Waals surface area contributed by atoms with Crippen LogP contribution in [0, 0.1) is 0 Å². The smallest absolute Gasteiger partial charge is 0.123 e. The van der Waals surface area contributed by atoms with Gasteiger partial charge in [0.1, 0.15) is 5.75 Å². The summed E-state index contributed by atoms with van der Waals surface area (Å²) in [6.45, 7) is 8.11. The van der Waals surface area contributed by atoms with Crippen LogP contribution in [0.3, 0.4) is 0 Å². The average Bonchev–Trinajstić information content (AvgIpc) is 2.46. The zero-order valence-corrected chi connectivity index (χ0v) is 12.8. The molecule has 20 heavy (non-hydrogen) atoms. The van der Waals surface area contributed by atoms with Crippen LogP contribution in [0.1, 0.15) is 30.5 Å². The van der Waals surface area contributed by atoms with Gasteiger partial charge in [0.25, 0.3) is 0 Å². The molecule has 1 unspecified atom stereocenters. The third kappa shape index (κ3) is 3.32. The minimum atomic E-state index is 0.162. The maximum Gasteiger partial charge on any atom is 0.123 e. The van der Waals surface area contributed by atoms with Gasteiger partial charge in [-0.15, -0.1) is 0 Å². The fourth-order valence-corrected chi connectivity index (χ4v) is 2.93. The van der Waals surface area contributed by atoms with Crippen LogP contribution >= 0.6 is 0 Å². The molecule has 1 atom stereocenters. The molecule has 0 saturated heterocycles. The van der Waals surface area contributed by atoms with Crippen LogP contribution in [0.25, 0.3) is 0 Å². The number of likely N-dealkylation sites (N-methyl/N-ethyl adjacent to an activating group) is 1. The Balaban J connectivity index is 2.22. The van der Waals surface area contributed by atoms with Crippen molar-refractivity contribution in [1.82, 2.24) is 10.2 Å². The first-order valence-corrected chi connectivity index (χ1v) is 7.43. The van der Waals surface area contributed by atoms with E-state index in [1.165, 1.54) is 16.7 Å². The largest absolute Gasteiger partial charge is 0.496 e. The van der Waals surface area contributed by atoms with Gasteiger partial charge in [-0.1, -0.05) is 13.0 Å². The normalized spacial score (nSPS) is 18.9. The Kier molecular flexibility index (Phi) is 5.40. The van der Waals surface area contributed by atoms with Gasteiger partial charge in [-0.3, -0.25) is 4.90 Å². The van der Waals surface area contributed by atoms with Crippen molar-refractivity contribution in [2.45, 2.75) is 39.4 Å². The molecule has 1 aliphatic heterocycles. The second kappa shape index (κ2) is 7.07. The number of hydrogen-bond acceptors (Lipinski definition) is 4. The molecule has 0 aliphatic carbocycles. The Morgan fingerprint density at radius 1 is 1.40 bits per heavy atom. The zero-order chi connectivity index (χ0) is 14.5. The zero-order valence-electron chi connectivity index (χ0n) is 12.8. The van der Waals surface area contributed by atoms with Gasteiger partial charge in [0, 0.05) is 31.2 Å². The first kappa shape index (κ1) is 15.3. The summed E-state index contributed by atoms with van der Waals surface area (Å²) >= 11 is 0. The number of rotatable bonds is 6. The molecule has 0 amide bonds. The van der Waals surface area contributed by atoms with Crippen LogP contribution in [0.5, 0.6) is 5.75 Å². The van der Waals surface area contributed by atoms with Crippen molar-refractivity contribution in [3.8, 4) is 5.75 Å². The highest BCUT2D eigenvalue weighted by molar-refractivity contribution is 5.44. The average molecular weight is 278 g/mol. The molecule has 2 N–H and O–H groups in total. The van der Waals surface area contributed by atoms with Crippen LogP contribution in [0.2, 0.25) is 0 Å². The quantitative estimate of drug-likeness (QED) is 0.775. The molecule has 2 rings (SSSR count). The number of fused-ring (bicyclic) bond motifs is 1. The van der Waals surface area contributed by atoms with Crippen LogP contribution in [-0.2, 0) is 19.5 Å². The second-order valence-corrected chi connectivity index (χ2v) is 5.45. The number of aliphatic hydroxyl groups is 1. The molecule has 4 nitrogen and oxygen atoms in total. The van der Waals surface area contributed by atoms with Gasteiger partial charge in [-0.25, -0.2) is 0 Å². The Bertz CT molecular complexity index is 448. The van der Waals surface area contributed by atoms with E-state index < -0.39 is 0 Å². The van der Waals surface area contributed by atoms with Gasteiger partial charge >= 0.3 is 0 Å². The van der Waals surface area contributed by atoms with Crippen LogP contribution in [-0.4, -0.2) is 42.9 Å². The summed E-state index contributed by atoms with van der Waals surface area (Å²) in [7, 11) is 1.72. The molecular weight excluding hydrogens is 252 g/mol. The lowest BCUT2D eigenvalue weighted by Gasteiger charge is -2.34. The summed E-state index contributed by atoms with van der Waals surface area (Å²) in [6, 6.07) is 5.04. The first-order valence-electron chi connectivity index (χ1n) is 7.43. The van der Waals surface area contributed by atoms with Crippen molar-refractivity contribution in [3.05, 3.63) is 28.8 Å². The van der Waals surface area contributed by atoms with E-state index in [1.54, 1.807) is 7.11 Å². The molecule has 0 radical (unpaired) electrons. The second-order valence-electron chi connectivity index (χ2n) is 5.45. The number of aliphatic hydroxyl groups excluding tert-OH is 1. The molecule has 4 heteroatoms. The predicted octanol–water partition coefficient (Wildman–Crippen LogP) is 1.54. The molecule has 0 saturated carbocycles. The summed E-state index contributed by atoms with van der Waals surface area (Å²) in [4.78, 5) is 2.49. The van der Waals surface area contributed by atoms with E-state index in [9.17, 15) is 0 Å². The van der Waals surface area contributed by atoms with Crippen molar-refractivity contribution >= 4 is 0 Å². The molecule has 0 spiro atoms. The minimum Gasteiger partial charge on any atom is -0.496 e. The van der Waals surface area contributed by atoms with Crippen molar-refractivity contribution in [2.24, 2.45) is 0 Å². The Morgan fingerprint density at radius 2 is 2.20 bits per heavy atom. The van der Waals surface area contributed by atoms with E-state index in [-0.39, 0.29) is 6.61 Å². The third-order valence-corrected chi connectivity index (χ3v) is 4.12. The monoisotopic (exact) mass is 278 g/mol. The Hall–Kier alpha value is -1.10. The van der Waals surface area contributed by atoms with E-state index in [4.69, 9.17) is 9.84 Å². The fourth-order valence-electron chi connectivity index (χ4n) is 2.93. The molecule has 112 valence electrons. The predicted molar refractivity (Wildman–Crippen MR) is 81.0 cm³/mol. The number of methoxy groups -OCH3 is 1. The molecular formula is C16H26N2O2. The van der Waals surface area contributed by atoms with Crippen molar-refractivity contribution in [3.63, 3.8) is 0 Å². The topological polar surface area (TPSA) is 44.7 Å². The van der Waals surface area contributed by atoms with Gasteiger partial charge < -0.3 is 15.2 Å². The van der Waals surface area contributed by atoms with Gasteiger partial charge in [0.2, 0.25) is 0 Å². The summed E-state index contributed by atoms with van der Waals surface area (Å²) in [6.07, 6.45) is 1.10. The number of nitrogens with one attached hydrogen (secondary N) is 1. The fraction of sp³-hybridized carbons (Fsp3) is 0.625. The van der Waals surface area contributed by atoms with Crippen LogP contribution in [0.15, 0.2) is 12.1 Å². The van der Waals surface area contributed by atoms with E-state index in [2.05, 4.69) is 36.2 Å². The SMILES string of the molecule is CCN1Cc2cc(OC)c(CNCCO)cc2CC1C. The molecule has 1 aliphatic rings. The van der Waals surface area contributed by atoms with E-state index >= 15 is 0 Å². The third-order valence-electron chi connectivity index (χ3n) is 4.12. The number of hydrogen-bond donors (Lipinski definition) is 2.